The molecule has 7 nitrogen and oxygen atoms in total. The van der Waals surface area contributed by atoms with E-state index in [0.29, 0.717) is 5.13 Å². The Hall–Kier alpha value is -2.19. The minimum atomic E-state index is -1.10. The summed E-state index contributed by atoms with van der Waals surface area (Å²) in [7, 11) is 0. The molecule has 0 fully saturated rings. The number of urea groups is 1. The maximum atomic E-state index is 11.8. The predicted octanol–water partition coefficient (Wildman–Crippen LogP) is 3.10. The van der Waals surface area contributed by atoms with Gasteiger partial charge in [0.2, 0.25) is 5.13 Å². The van der Waals surface area contributed by atoms with Crippen LogP contribution in [0.15, 0.2) is 18.2 Å². The second-order valence-corrected chi connectivity index (χ2v) is 5.40. The summed E-state index contributed by atoms with van der Waals surface area (Å²) in [6.45, 7) is 1.93. The van der Waals surface area contributed by atoms with Crippen LogP contribution in [-0.4, -0.2) is 27.3 Å². The van der Waals surface area contributed by atoms with E-state index < -0.39 is 12.0 Å². The van der Waals surface area contributed by atoms with Gasteiger partial charge in [-0.25, -0.2) is 9.59 Å². The molecule has 0 saturated carbocycles. The van der Waals surface area contributed by atoms with Gasteiger partial charge in [0.05, 0.1) is 16.3 Å². The summed E-state index contributed by atoms with van der Waals surface area (Å²) in [5.74, 6) is -1.10. The standard InChI is InChI=1S/C12H11ClN4O3S/c1-2-9-16-17-12(21-9)15-11(20)14-8-5-6(10(18)19)3-4-7(8)13/h3-5H,2H2,1H3,(H,18,19)(H2,14,15,17,20). The number of hydrogen-bond donors (Lipinski definition) is 3. The second-order valence-electron chi connectivity index (χ2n) is 3.93. The lowest BCUT2D eigenvalue weighted by Gasteiger charge is -2.08. The Morgan fingerprint density at radius 2 is 2.10 bits per heavy atom. The van der Waals surface area contributed by atoms with Crippen molar-refractivity contribution >= 4 is 45.8 Å². The number of nitrogens with zero attached hydrogens (tertiary/aromatic N) is 2. The highest BCUT2D eigenvalue weighted by Gasteiger charge is 2.11. The van der Waals surface area contributed by atoms with Gasteiger partial charge in [-0.2, -0.15) is 0 Å². The lowest BCUT2D eigenvalue weighted by molar-refractivity contribution is 0.0697. The van der Waals surface area contributed by atoms with Crippen LogP contribution in [0.5, 0.6) is 0 Å². The molecule has 0 aliphatic rings. The van der Waals surface area contributed by atoms with Crippen molar-refractivity contribution in [2.24, 2.45) is 0 Å². The van der Waals surface area contributed by atoms with E-state index >= 15 is 0 Å². The van der Waals surface area contributed by atoms with E-state index in [4.69, 9.17) is 16.7 Å². The average molecular weight is 327 g/mol. The van der Waals surface area contributed by atoms with Crippen molar-refractivity contribution in [2.45, 2.75) is 13.3 Å². The van der Waals surface area contributed by atoms with Crippen molar-refractivity contribution in [3.63, 3.8) is 0 Å². The smallest absolute Gasteiger partial charge is 0.335 e. The SMILES string of the molecule is CCc1nnc(NC(=O)Nc2cc(C(=O)O)ccc2Cl)s1. The minimum Gasteiger partial charge on any atom is -0.478 e. The quantitative estimate of drug-likeness (QED) is 0.800. The second kappa shape index (κ2) is 6.51. The van der Waals surface area contributed by atoms with E-state index in [2.05, 4.69) is 20.8 Å². The Morgan fingerprint density at radius 1 is 1.33 bits per heavy atom. The Labute approximate surface area is 129 Å². The molecular formula is C12H11ClN4O3S. The van der Waals surface area contributed by atoms with E-state index in [1.165, 1.54) is 29.5 Å². The van der Waals surface area contributed by atoms with Gasteiger partial charge in [-0.1, -0.05) is 29.9 Å². The molecule has 0 radical (unpaired) electrons. The normalized spacial score (nSPS) is 10.2. The van der Waals surface area contributed by atoms with Crippen molar-refractivity contribution in [3.05, 3.63) is 33.8 Å². The first-order valence-corrected chi connectivity index (χ1v) is 7.12. The van der Waals surface area contributed by atoms with Crippen molar-refractivity contribution in [3.8, 4) is 0 Å². The lowest BCUT2D eigenvalue weighted by Crippen LogP contribution is -2.19. The number of nitrogens with one attached hydrogen (secondary N) is 2. The number of hydrogen-bond acceptors (Lipinski definition) is 5. The molecule has 9 heteroatoms. The van der Waals surface area contributed by atoms with Crippen LogP contribution in [0.4, 0.5) is 15.6 Å². The molecule has 3 N–H and O–H groups in total. The summed E-state index contributed by atoms with van der Waals surface area (Å²) in [5, 5.41) is 23.0. The molecular weight excluding hydrogens is 316 g/mol. The van der Waals surface area contributed by atoms with E-state index in [1.807, 2.05) is 6.92 Å². The molecule has 110 valence electrons. The summed E-state index contributed by atoms with van der Waals surface area (Å²) in [6, 6.07) is 3.47. The van der Waals surface area contributed by atoms with Crippen LogP contribution in [0.2, 0.25) is 5.02 Å². The Bertz CT molecular complexity index is 689. The number of halogens is 1. The molecule has 2 aromatic rings. The highest BCUT2D eigenvalue weighted by molar-refractivity contribution is 7.15. The molecule has 1 aromatic carbocycles. The van der Waals surface area contributed by atoms with Gasteiger partial charge < -0.3 is 10.4 Å². The highest BCUT2D eigenvalue weighted by atomic mass is 35.5. The highest BCUT2D eigenvalue weighted by Crippen LogP contribution is 2.23. The number of carbonyl (C=O) groups excluding carboxylic acids is 1. The number of benzene rings is 1. The molecule has 1 heterocycles. The van der Waals surface area contributed by atoms with Gasteiger partial charge in [-0.05, 0) is 24.6 Å². The number of aryl methyl sites for hydroxylation is 1. The van der Waals surface area contributed by atoms with Gasteiger partial charge >= 0.3 is 12.0 Å². The predicted molar refractivity (Wildman–Crippen MR) is 80.3 cm³/mol. The van der Waals surface area contributed by atoms with Crippen molar-refractivity contribution in [2.75, 3.05) is 10.6 Å². The first kappa shape index (κ1) is 15.2. The van der Waals surface area contributed by atoms with Gasteiger partial charge in [0.15, 0.2) is 0 Å². The van der Waals surface area contributed by atoms with Crippen molar-refractivity contribution < 1.29 is 14.7 Å². The number of carbonyl (C=O) groups is 2. The molecule has 0 saturated heterocycles. The van der Waals surface area contributed by atoms with Gasteiger partial charge in [0.1, 0.15) is 5.01 Å². The number of aromatic nitrogens is 2. The van der Waals surface area contributed by atoms with Crippen molar-refractivity contribution in [1.82, 2.24) is 10.2 Å². The number of rotatable bonds is 4. The zero-order valence-corrected chi connectivity index (χ0v) is 12.5. The zero-order chi connectivity index (χ0) is 15.4. The van der Waals surface area contributed by atoms with Crippen LogP contribution < -0.4 is 10.6 Å². The van der Waals surface area contributed by atoms with Gasteiger partial charge in [-0.15, -0.1) is 10.2 Å². The maximum Gasteiger partial charge on any atom is 0.335 e. The number of anilines is 2. The Morgan fingerprint density at radius 3 is 2.71 bits per heavy atom. The monoisotopic (exact) mass is 326 g/mol. The molecule has 0 aliphatic heterocycles. The molecule has 0 spiro atoms. The van der Waals surface area contributed by atoms with E-state index in [9.17, 15) is 9.59 Å². The number of aromatic carboxylic acids is 1. The van der Waals surface area contributed by atoms with Crippen LogP contribution in [0.25, 0.3) is 0 Å². The molecule has 21 heavy (non-hydrogen) atoms. The van der Waals surface area contributed by atoms with E-state index in [1.54, 1.807) is 0 Å². The third-order valence-corrected chi connectivity index (χ3v) is 3.76. The van der Waals surface area contributed by atoms with Gasteiger partial charge in [0.25, 0.3) is 0 Å². The number of amides is 2. The average Bonchev–Trinajstić information content (AvgIpc) is 2.88. The molecule has 1 aromatic heterocycles. The fourth-order valence-corrected chi connectivity index (χ4v) is 2.29. The first-order valence-electron chi connectivity index (χ1n) is 5.92. The zero-order valence-electron chi connectivity index (χ0n) is 10.9. The van der Waals surface area contributed by atoms with Crippen LogP contribution in [0.1, 0.15) is 22.3 Å². The van der Waals surface area contributed by atoms with Crippen LogP contribution in [0.3, 0.4) is 0 Å². The van der Waals surface area contributed by atoms with Crippen LogP contribution in [0, 0.1) is 0 Å². The fraction of sp³-hybridized carbons (Fsp3) is 0.167. The van der Waals surface area contributed by atoms with Crippen LogP contribution >= 0.6 is 22.9 Å². The molecule has 0 bridgehead atoms. The van der Waals surface area contributed by atoms with Crippen LogP contribution in [-0.2, 0) is 6.42 Å². The minimum absolute atomic E-state index is 0.0267. The topological polar surface area (TPSA) is 104 Å². The third-order valence-electron chi connectivity index (χ3n) is 2.45. The fourth-order valence-electron chi connectivity index (χ4n) is 1.45. The molecule has 2 amide bonds. The molecule has 0 atom stereocenters. The number of carboxylic acid groups (broad SMARTS) is 1. The van der Waals surface area contributed by atoms with E-state index in [0.717, 1.165) is 11.4 Å². The lowest BCUT2D eigenvalue weighted by atomic mass is 10.2. The third kappa shape index (κ3) is 3.89. The van der Waals surface area contributed by atoms with E-state index in [-0.39, 0.29) is 16.3 Å². The molecule has 0 aliphatic carbocycles. The largest absolute Gasteiger partial charge is 0.478 e. The maximum absolute atomic E-state index is 11.8. The molecule has 0 unspecified atom stereocenters. The van der Waals surface area contributed by atoms with Gasteiger partial charge in [-0.3, -0.25) is 5.32 Å². The summed E-state index contributed by atoms with van der Waals surface area (Å²) in [5.41, 5.74) is 0.230. The summed E-state index contributed by atoms with van der Waals surface area (Å²) >= 11 is 7.18. The Kier molecular flexibility index (Phi) is 4.71. The summed E-state index contributed by atoms with van der Waals surface area (Å²) in [4.78, 5) is 22.7. The van der Waals surface area contributed by atoms with Gasteiger partial charge in [0, 0.05) is 0 Å². The molecule has 2 rings (SSSR count). The first-order chi connectivity index (χ1) is 9.99. The van der Waals surface area contributed by atoms with Crippen molar-refractivity contribution in [1.29, 1.82) is 0 Å². The summed E-state index contributed by atoms with van der Waals surface area (Å²) in [6.07, 6.45) is 0.730. The summed E-state index contributed by atoms with van der Waals surface area (Å²) < 4.78 is 0. The number of carboxylic acids is 1. The Balaban J connectivity index is 2.08.